The standard InChI is InChI=1S/CH4NO2S.K.3H2O/c1-5(2,3)4;;;;/h1H3,(H-,2,3,4);;3*1H2/q-1;+1;;;. The van der Waals surface area contributed by atoms with Crippen LogP contribution in [-0.4, -0.2) is 31.1 Å². The Morgan fingerprint density at radius 2 is 1.11 bits per heavy atom. The predicted molar refractivity (Wildman–Crippen MR) is 30.0 cm³/mol. The summed E-state index contributed by atoms with van der Waals surface area (Å²) in [6.45, 7) is 0. The number of nitrogens with one attached hydrogen (secondary N) is 1. The van der Waals surface area contributed by atoms with Crippen molar-refractivity contribution in [3.05, 3.63) is 5.14 Å². The summed E-state index contributed by atoms with van der Waals surface area (Å²) in [6, 6.07) is 0. The van der Waals surface area contributed by atoms with E-state index in [1.54, 1.807) is 0 Å². The van der Waals surface area contributed by atoms with Crippen LogP contribution in [0.5, 0.6) is 0 Å². The van der Waals surface area contributed by atoms with Gasteiger partial charge in [-0.15, -0.1) is 0 Å². The van der Waals surface area contributed by atoms with E-state index in [2.05, 4.69) is 0 Å². The quantitative estimate of drug-likeness (QED) is 0.347. The van der Waals surface area contributed by atoms with Gasteiger partial charge >= 0.3 is 51.4 Å². The number of sulfonamides is 1. The van der Waals surface area contributed by atoms with Gasteiger partial charge in [-0.2, -0.15) is 0 Å². The molecule has 0 aliphatic rings. The van der Waals surface area contributed by atoms with Crippen molar-refractivity contribution in [2.75, 3.05) is 6.26 Å². The molecule has 8 heteroatoms. The monoisotopic (exact) mass is 187 g/mol. The van der Waals surface area contributed by atoms with Gasteiger partial charge in [0, 0.05) is 6.26 Å². The molecule has 0 heterocycles. The molecule has 0 rings (SSSR count). The Kier molecular flexibility index (Phi) is 42.4. The zero-order valence-corrected chi connectivity index (χ0v) is 9.16. The van der Waals surface area contributed by atoms with Gasteiger partial charge in [0.05, 0.1) is 10.0 Å². The Hall–Kier alpha value is 1.43. The van der Waals surface area contributed by atoms with Gasteiger partial charge in [0.25, 0.3) is 0 Å². The Morgan fingerprint density at radius 3 is 1.11 bits per heavy atom. The third kappa shape index (κ3) is 256. The van der Waals surface area contributed by atoms with Gasteiger partial charge in [-0.1, -0.05) is 0 Å². The summed E-state index contributed by atoms with van der Waals surface area (Å²) < 4.78 is 18.6. The molecule has 0 aliphatic carbocycles. The summed E-state index contributed by atoms with van der Waals surface area (Å²) in [5, 5.41) is 5.91. The van der Waals surface area contributed by atoms with Gasteiger partial charge in [0.15, 0.2) is 0 Å². The maximum Gasteiger partial charge on any atom is 1.00 e. The first-order valence-corrected chi connectivity index (χ1v) is 2.84. The van der Waals surface area contributed by atoms with E-state index in [4.69, 9.17) is 5.14 Å². The van der Waals surface area contributed by atoms with E-state index in [1.165, 1.54) is 0 Å². The smallest absolute Gasteiger partial charge is 0.564 e. The molecule has 0 unspecified atom stereocenters. The van der Waals surface area contributed by atoms with E-state index < -0.39 is 10.0 Å². The van der Waals surface area contributed by atoms with Gasteiger partial charge < -0.3 is 21.6 Å². The average Bonchev–Trinajstić information content (AvgIpc) is 0.722. The van der Waals surface area contributed by atoms with Crippen LogP contribution in [0.4, 0.5) is 0 Å². The van der Waals surface area contributed by atoms with Gasteiger partial charge in [-0.3, -0.25) is 0 Å². The molecule has 56 valence electrons. The van der Waals surface area contributed by atoms with Crippen molar-refractivity contribution in [2.24, 2.45) is 0 Å². The summed E-state index contributed by atoms with van der Waals surface area (Å²) in [5.74, 6) is 0. The molecule has 0 aromatic rings. The van der Waals surface area contributed by atoms with Crippen molar-refractivity contribution in [2.45, 2.75) is 0 Å². The molecule has 0 aromatic carbocycles. The fraction of sp³-hybridized carbons (Fsp3) is 1.00. The largest absolute Gasteiger partial charge is 1.00 e. The van der Waals surface area contributed by atoms with Crippen LogP contribution in [0.15, 0.2) is 0 Å². The van der Waals surface area contributed by atoms with Crippen LogP contribution in [0.1, 0.15) is 0 Å². The molecule has 6 nitrogen and oxygen atoms in total. The summed E-state index contributed by atoms with van der Waals surface area (Å²) in [6.07, 6.45) is 0.826. The Labute approximate surface area is 96.2 Å². The second-order valence-electron chi connectivity index (χ2n) is 0.772. The Morgan fingerprint density at radius 1 is 1.11 bits per heavy atom. The van der Waals surface area contributed by atoms with E-state index in [0.717, 1.165) is 6.26 Å². The molecular formula is CH10KNO5S. The molecular weight excluding hydrogens is 177 g/mol. The predicted octanol–water partition coefficient (Wildman–Crippen LogP) is -5.47. The van der Waals surface area contributed by atoms with Crippen molar-refractivity contribution >= 4 is 10.0 Å². The first-order chi connectivity index (χ1) is 2.00. The Bertz CT molecular complexity index is 100. The zero-order chi connectivity index (χ0) is 4.50. The molecule has 7 N–H and O–H groups in total. The van der Waals surface area contributed by atoms with Crippen molar-refractivity contribution in [3.63, 3.8) is 0 Å². The third-order valence-electron chi connectivity index (χ3n) is 0. The van der Waals surface area contributed by atoms with Crippen molar-refractivity contribution < 1.29 is 76.2 Å². The van der Waals surface area contributed by atoms with Crippen LogP contribution in [0.25, 0.3) is 5.14 Å². The second kappa shape index (κ2) is 12.1. The minimum absolute atomic E-state index is 0. The first-order valence-electron chi connectivity index (χ1n) is 0.946. The van der Waals surface area contributed by atoms with Crippen LogP contribution in [0.3, 0.4) is 0 Å². The Balaban J connectivity index is -0.0000000133. The van der Waals surface area contributed by atoms with Gasteiger partial charge in [-0.05, 0) is 0 Å². The van der Waals surface area contributed by atoms with Crippen LogP contribution in [-0.2, 0) is 10.0 Å². The van der Waals surface area contributed by atoms with E-state index in [1.807, 2.05) is 0 Å². The normalized spacial score (nSPS) is 6.44. The molecule has 0 aromatic heterocycles. The SMILES string of the molecule is CS([NH-])(=O)=O.O.O.O.[K+]. The van der Waals surface area contributed by atoms with Gasteiger partial charge in [0.2, 0.25) is 0 Å². The van der Waals surface area contributed by atoms with E-state index >= 15 is 0 Å². The van der Waals surface area contributed by atoms with E-state index in [-0.39, 0.29) is 67.8 Å². The maximum atomic E-state index is 9.30. The molecule has 0 radical (unpaired) electrons. The molecule has 0 saturated heterocycles. The summed E-state index contributed by atoms with van der Waals surface area (Å²) in [5.41, 5.74) is 0. The molecule has 0 aliphatic heterocycles. The van der Waals surface area contributed by atoms with E-state index in [0.29, 0.717) is 0 Å². The van der Waals surface area contributed by atoms with Crippen LogP contribution in [0.2, 0.25) is 0 Å². The number of hydrogen-bond acceptors (Lipinski definition) is 2. The summed E-state index contributed by atoms with van der Waals surface area (Å²) in [4.78, 5) is 0. The van der Waals surface area contributed by atoms with Crippen LogP contribution in [0, 0.1) is 0 Å². The molecule has 0 bridgehead atoms. The first kappa shape index (κ1) is 31.5. The topological polar surface area (TPSA) is 152 Å². The molecule has 0 fully saturated rings. The molecule has 9 heavy (non-hydrogen) atoms. The third-order valence-corrected chi connectivity index (χ3v) is 0. The number of hydrogen-bond donors (Lipinski definition) is 0. The summed E-state index contributed by atoms with van der Waals surface area (Å²) in [7, 11) is -3.42. The fourth-order valence-corrected chi connectivity index (χ4v) is 0. The minimum Gasteiger partial charge on any atom is -0.564 e. The second-order valence-corrected chi connectivity index (χ2v) is 2.32. The molecule has 0 spiro atoms. The van der Waals surface area contributed by atoms with Crippen LogP contribution < -0.4 is 51.4 Å². The average molecular weight is 187 g/mol. The fourth-order valence-electron chi connectivity index (χ4n) is 0. The minimum atomic E-state index is -3.42. The molecule has 0 amide bonds. The zero-order valence-electron chi connectivity index (χ0n) is 5.22. The number of rotatable bonds is 0. The maximum absolute atomic E-state index is 9.30. The molecule has 0 atom stereocenters. The molecule has 0 saturated carbocycles. The van der Waals surface area contributed by atoms with Gasteiger partial charge in [0.1, 0.15) is 0 Å². The van der Waals surface area contributed by atoms with Crippen molar-refractivity contribution in [3.8, 4) is 0 Å². The summed E-state index contributed by atoms with van der Waals surface area (Å²) >= 11 is 0. The van der Waals surface area contributed by atoms with Gasteiger partial charge in [-0.25, -0.2) is 8.42 Å². The van der Waals surface area contributed by atoms with Crippen molar-refractivity contribution in [1.82, 2.24) is 0 Å². The van der Waals surface area contributed by atoms with E-state index in [9.17, 15) is 8.42 Å². The van der Waals surface area contributed by atoms with Crippen LogP contribution >= 0.6 is 0 Å². The van der Waals surface area contributed by atoms with Crippen molar-refractivity contribution in [1.29, 1.82) is 0 Å².